The van der Waals surface area contributed by atoms with E-state index in [2.05, 4.69) is 5.10 Å². The van der Waals surface area contributed by atoms with Crippen molar-refractivity contribution >= 4 is 23.1 Å². The smallest absolute Gasteiger partial charge is 0.251 e. The fourth-order valence-corrected chi connectivity index (χ4v) is 3.24. The lowest BCUT2D eigenvalue weighted by Crippen LogP contribution is -2.25. The first-order chi connectivity index (χ1) is 12.1. The van der Waals surface area contributed by atoms with E-state index in [0.29, 0.717) is 28.7 Å². The lowest BCUT2D eigenvalue weighted by atomic mass is 10.1. The fourth-order valence-electron chi connectivity index (χ4n) is 2.59. The number of hydrogen-bond donors (Lipinski definition) is 0. The lowest BCUT2D eigenvalue weighted by molar-refractivity contribution is -0.135. The molecule has 1 amide bonds. The van der Waals surface area contributed by atoms with E-state index in [0.717, 1.165) is 4.88 Å². The Morgan fingerprint density at radius 3 is 2.48 bits per heavy atom. The van der Waals surface area contributed by atoms with Crippen molar-refractivity contribution in [2.24, 2.45) is 5.10 Å². The minimum atomic E-state index is -0.746. The molecule has 1 aliphatic rings. The number of hydrogen-bond acceptors (Lipinski definition) is 7. The van der Waals surface area contributed by atoms with Crippen molar-refractivity contribution in [3.63, 3.8) is 0 Å². The van der Waals surface area contributed by atoms with Gasteiger partial charge in [-0.15, -0.1) is 16.4 Å². The molecule has 0 saturated heterocycles. The van der Waals surface area contributed by atoms with E-state index in [9.17, 15) is 4.79 Å². The number of ether oxygens (including phenoxy) is 4. The van der Waals surface area contributed by atoms with Gasteiger partial charge in [0.05, 0.1) is 31.8 Å². The number of nitrogens with zero attached hydrogens (tertiary/aromatic N) is 2. The summed E-state index contributed by atoms with van der Waals surface area (Å²) >= 11 is 1.49. The first-order valence-corrected chi connectivity index (χ1v) is 8.36. The third-order valence-electron chi connectivity index (χ3n) is 3.70. The van der Waals surface area contributed by atoms with Gasteiger partial charge in [-0.1, -0.05) is 6.07 Å². The number of thiophene rings is 1. The van der Waals surface area contributed by atoms with E-state index in [-0.39, 0.29) is 5.91 Å². The maximum atomic E-state index is 12.1. The summed E-state index contributed by atoms with van der Waals surface area (Å²) in [7, 11) is 4.59. The second-order valence-electron chi connectivity index (χ2n) is 5.14. The number of carbonyl (C=O) groups excluding carboxylic acids is 1. The van der Waals surface area contributed by atoms with Crippen LogP contribution in [0, 0.1) is 0 Å². The van der Waals surface area contributed by atoms with E-state index in [1.807, 2.05) is 17.5 Å². The molecule has 1 aliphatic heterocycles. The van der Waals surface area contributed by atoms with E-state index in [4.69, 9.17) is 18.9 Å². The van der Waals surface area contributed by atoms with Gasteiger partial charge in [-0.25, -0.2) is 0 Å². The molecule has 0 spiro atoms. The molecule has 0 bridgehead atoms. The summed E-state index contributed by atoms with van der Waals surface area (Å²) in [4.78, 5) is 12.9. The van der Waals surface area contributed by atoms with Gasteiger partial charge in [0, 0.05) is 6.92 Å². The van der Waals surface area contributed by atoms with Gasteiger partial charge in [-0.3, -0.25) is 4.79 Å². The highest BCUT2D eigenvalue weighted by Gasteiger charge is 2.36. The predicted octanol–water partition coefficient (Wildman–Crippen LogP) is 3.01. The Balaban J connectivity index is 2.05. The van der Waals surface area contributed by atoms with Crippen LogP contribution in [0.3, 0.4) is 0 Å². The van der Waals surface area contributed by atoms with Crippen molar-refractivity contribution in [3.8, 4) is 17.2 Å². The van der Waals surface area contributed by atoms with Gasteiger partial charge in [-0.05, 0) is 23.6 Å². The third-order valence-corrected chi connectivity index (χ3v) is 4.56. The van der Waals surface area contributed by atoms with Crippen molar-refractivity contribution < 1.29 is 23.7 Å². The molecule has 25 heavy (non-hydrogen) atoms. The standard InChI is InChI=1S/C17H18N2O5S/c1-10(20)19-17(24-16(18-19)13-6-5-9-25-13)11-7-8-12(21-2)15(23-4)14(11)22-3/h5-9,17H,1-4H3/t17-/m0/s1. The molecule has 132 valence electrons. The minimum Gasteiger partial charge on any atom is -0.493 e. The Kier molecular flexibility index (Phi) is 4.80. The Morgan fingerprint density at radius 1 is 1.16 bits per heavy atom. The second kappa shape index (κ2) is 7.02. The quantitative estimate of drug-likeness (QED) is 0.818. The normalized spacial score (nSPS) is 16.2. The highest BCUT2D eigenvalue weighted by molar-refractivity contribution is 7.12. The number of rotatable bonds is 5. The minimum absolute atomic E-state index is 0.242. The number of hydrazone groups is 1. The summed E-state index contributed by atoms with van der Waals surface area (Å²) in [5.74, 6) is 1.54. The molecular formula is C17H18N2O5S. The average molecular weight is 362 g/mol. The van der Waals surface area contributed by atoms with Gasteiger partial charge in [-0.2, -0.15) is 5.01 Å². The lowest BCUT2D eigenvalue weighted by Gasteiger charge is -2.23. The number of benzene rings is 1. The molecule has 1 atom stereocenters. The monoisotopic (exact) mass is 362 g/mol. The Hall–Kier alpha value is -2.74. The Morgan fingerprint density at radius 2 is 1.92 bits per heavy atom. The van der Waals surface area contributed by atoms with Gasteiger partial charge < -0.3 is 18.9 Å². The van der Waals surface area contributed by atoms with E-state index in [1.54, 1.807) is 19.2 Å². The zero-order valence-corrected chi connectivity index (χ0v) is 15.1. The average Bonchev–Trinajstić information content (AvgIpc) is 3.29. The molecule has 0 saturated carbocycles. The van der Waals surface area contributed by atoms with Crippen molar-refractivity contribution in [2.45, 2.75) is 13.2 Å². The van der Waals surface area contributed by atoms with Gasteiger partial charge in [0.15, 0.2) is 11.5 Å². The van der Waals surface area contributed by atoms with E-state index >= 15 is 0 Å². The highest BCUT2D eigenvalue weighted by Crippen LogP contribution is 2.45. The first kappa shape index (κ1) is 17.1. The number of carbonyl (C=O) groups is 1. The van der Waals surface area contributed by atoms with Crippen LogP contribution in [-0.4, -0.2) is 38.1 Å². The predicted molar refractivity (Wildman–Crippen MR) is 93.3 cm³/mol. The van der Waals surface area contributed by atoms with Crippen LogP contribution < -0.4 is 14.2 Å². The molecule has 0 N–H and O–H groups in total. The summed E-state index contributed by atoms with van der Waals surface area (Å²) < 4.78 is 22.2. The summed E-state index contributed by atoms with van der Waals surface area (Å²) in [6.45, 7) is 1.43. The van der Waals surface area contributed by atoms with Crippen LogP contribution in [-0.2, 0) is 9.53 Å². The molecule has 0 aliphatic carbocycles. The molecule has 0 fully saturated rings. The summed E-state index contributed by atoms with van der Waals surface area (Å²) in [6.07, 6.45) is -0.746. The zero-order valence-electron chi connectivity index (χ0n) is 14.3. The zero-order chi connectivity index (χ0) is 18.0. The third kappa shape index (κ3) is 3.00. The van der Waals surface area contributed by atoms with Crippen molar-refractivity contribution in [3.05, 3.63) is 40.1 Å². The topological polar surface area (TPSA) is 69.6 Å². The highest BCUT2D eigenvalue weighted by atomic mass is 32.1. The Labute approximate surface area is 149 Å². The molecule has 1 aromatic heterocycles. The van der Waals surface area contributed by atoms with Crippen LogP contribution in [0.1, 0.15) is 23.6 Å². The molecule has 3 rings (SSSR count). The van der Waals surface area contributed by atoms with Crippen LogP contribution in [0.2, 0.25) is 0 Å². The number of methoxy groups -OCH3 is 3. The van der Waals surface area contributed by atoms with Crippen molar-refractivity contribution in [1.29, 1.82) is 0 Å². The van der Waals surface area contributed by atoms with E-state index in [1.165, 1.54) is 37.5 Å². The van der Waals surface area contributed by atoms with Crippen LogP contribution in [0.25, 0.3) is 0 Å². The molecule has 2 heterocycles. The summed E-state index contributed by atoms with van der Waals surface area (Å²) in [6, 6.07) is 7.29. The van der Waals surface area contributed by atoms with Gasteiger partial charge in [0.25, 0.3) is 5.90 Å². The maximum Gasteiger partial charge on any atom is 0.251 e. The van der Waals surface area contributed by atoms with E-state index < -0.39 is 6.23 Å². The molecule has 8 heteroatoms. The molecule has 7 nitrogen and oxygen atoms in total. The maximum absolute atomic E-state index is 12.1. The molecule has 1 aromatic carbocycles. The van der Waals surface area contributed by atoms with Gasteiger partial charge in [0.2, 0.25) is 17.9 Å². The van der Waals surface area contributed by atoms with Crippen molar-refractivity contribution in [1.82, 2.24) is 5.01 Å². The molecule has 2 aromatic rings. The molecule has 0 radical (unpaired) electrons. The summed E-state index contributed by atoms with van der Waals surface area (Å²) in [5, 5.41) is 7.53. The van der Waals surface area contributed by atoms with Crippen molar-refractivity contribution in [2.75, 3.05) is 21.3 Å². The second-order valence-corrected chi connectivity index (χ2v) is 6.09. The van der Waals surface area contributed by atoms with Crippen LogP contribution in [0.15, 0.2) is 34.7 Å². The van der Waals surface area contributed by atoms with Crippen LogP contribution in [0.5, 0.6) is 17.2 Å². The molecular weight excluding hydrogens is 344 g/mol. The SMILES string of the molecule is COc1ccc([C@@H]2OC(c3cccs3)=NN2C(C)=O)c(OC)c1OC. The van der Waals surface area contributed by atoms with Crippen LogP contribution >= 0.6 is 11.3 Å². The Bertz CT molecular complexity index is 804. The van der Waals surface area contributed by atoms with Gasteiger partial charge in [0.1, 0.15) is 0 Å². The molecule has 0 unspecified atom stereocenters. The van der Waals surface area contributed by atoms with Crippen LogP contribution in [0.4, 0.5) is 0 Å². The number of amides is 1. The van der Waals surface area contributed by atoms with Gasteiger partial charge >= 0.3 is 0 Å². The summed E-state index contributed by atoms with van der Waals surface area (Å²) in [5.41, 5.74) is 0.616. The largest absolute Gasteiger partial charge is 0.493 e. The fraction of sp³-hybridized carbons (Fsp3) is 0.294. The first-order valence-electron chi connectivity index (χ1n) is 7.48.